The van der Waals surface area contributed by atoms with E-state index in [4.69, 9.17) is 11.6 Å². The van der Waals surface area contributed by atoms with E-state index in [2.05, 4.69) is 15.8 Å². The van der Waals surface area contributed by atoms with Crippen LogP contribution in [-0.4, -0.2) is 24.6 Å². The molecule has 0 unspecified atom stereocenters. The number of hydrazone groups is 1. The monoisotopic (exact) mass is 343 g/mol. The maximum atomic E-state index is 11.7. The zero-order valence-corrected chi connectivity index (χ0v) is 13.8. The van der Waals surface area contributed by atoms with E-state index in [1.165, 1.54) is 6.21 Å². The SMILES string of the molecule is O=C(CC(=O)N/N=C\c1cccc(Cl)c1)NCCc1ccccc1. The molecule has 0 bridgehead atoms. The molecule has 0 aliphatic heterocycles. The molecule has 0 aliphatic carbocycles. The lowest BCUT2D eigenvalue weighted by Gasteiger charge is -2.04. The van der Waals surface area contributed by atoms with Gasteiger partial charge in [-0.15, -0.1) is 0 Å². The van der Waals surface area contributed by atoms with Crippen molar-refractivity contribution in [2.45, 2.75) is 12.8 Å². The van der Waals surface area contributed by atoms with Gasteiger partial charge in [-0.25, -0.2) is 5.43 Å². The van der Waals surface area contributed by atoms with Crippen molar-refractivity contribution in [1.82, 2.24) is 10.7 Å². The van der Waals surface area contributed by atoms with Gasteiger partial charge < -0.3 is 5.32 Å². The number of hydrogen-bond acceptors (Lipinski definition) is 3. The topological polar surface area (TPSA) is 70.6 Å². The van der Waals surface area contributed by atoms with Gasteiger partial charge in [-0.2, -0.15) is 5.10 Å². The Morgan fingerprint density at radius 2 is 1.83 bits per heavy atom. The van der Waals surface area contributed by atoms with E-state index in [1.807, 2.05) is 30.3 Å². The molecule has 2 amide bonds. The van der Waals surface area contributed by atoms with Crippen LogP contribution in [0.2, 0.25) is 5.02 Å². The Hall–Kier alpha value is -2.66. The van der Waals surface area contributed by atoms with Gasteiger partial charge in [-0.1, -0.05) is 54.1 Å². The summed E-state index contributed by atoms with van der Waals surface area (Å²) in [6.45, 7) is 0.488. The molecule has 0 heterocycles. The van der Waals surface area contributed by atoms with Crippen molar-refractivity contribution in [3.8, 4) is 0 Å². The lowest BCUT2D eigenvalue weighted by molar-refractivity contribution is -0.129. The van der Waals surface area contributed by atoms with Crippen molar-refractivity contribution in [2.24, 2.45) is 5.10 Å². The number of nitrogens with zero attached hydrogens (tertiary/aromatic N) is 1. The molecule has 2 rings (SSSR count). The minimum Gasteiger partial charge on any atom is -0.355 e. The Kier molecular flexibility index (Phi) is 6.98. The van der Waals surface area contributed by atoms with Gasteiger partial charge in [0.2, 0.25) is 11.8 Å². The molecule has 0 saturated heterocycles. The molecule has 0 aromatic heterocycles. The van der Waals surface area contributed by atoms with Gasteiger partial charge in [0.15, 0.2) is 0 Å². The number of halogens is 1. The molecule has 2 N–H and O–H groups in total. The summed E-state index contributed by atoms with van der Waals surface area (Å²) < 4.78 is 0. The molecule has 124 valence electrons. The smallest absolute Gasteiger partial charge is 0.249 e. The Balaban J connectivity index is 1.67. The summed E-state index contributed by atoms with van der Waals surface area (Å²) in [5, 5.41) is 7.10. The highest BCUT2D eigenvalue weighted by Crippen LogP contribution is 2.08. The maximum absolute atomic E-state index is 11.7. The minimum atomic E-state index is -0.467. The van der Waals surface area contributed by atoms with Gasteiger partial charge in [0.05, 0.1) is 6.21 Å². The molecule has 5 nitrogen and oxygen atoms in total. The van der Waals surface area contributed by atoms with Crippen molar-refractivity contribution in [2.75, 3.05) is 6.54 Å². The number of benzene rings is 2. The van der Waals surface area contributed by atoms with E-state index in [-0.39, 0.29) is 12.3 Å². The van der Waals surface area contributed by atoms with E-state index in [0.717, 1.165) is 17.5 Å². The first-order valence-corrected chi connectivity index (χ1v) is 7.89. The van der Waals surface area contributed by atoms with Crippen molar-refractivity contribution < 1.29 is 9.59 Å². The van der Waals surface area contributed by atoms with Crippen LogP contribution in [0.4, 0.5) is 0 Å². The van der Waals surface area contributed by atoms with Crippen LogP contribution >= 0.6 is 11.6 Å². The normalized spacial score (nSPS) is 10.5. The molecule has 0 radical (unpaired) electrons. The number of hydrogen-bond donors (Lipinski definition) is 2. The molecule has 6 heteroatoms. The summed E-state index contributed by atoms with van der Waals surface area (Å²) >= 11 is 5.85. The predicted octanol–water partition coefficient (Wildman–Crippen LogP) is 2.54. The van der Waals surface area contributed by atoms with Crippen LogP contribution in [-0.2, 0) is 16.0 Å². The standard InChI is InChI=1S/C18H18ClN3O2/c19-16-8-4-7-15(11-16)13-21-22-18(24)12-17(23)20-10-9-14-5-2-1-3-6-14/h1-8,11,13H,9-10,12H2,(H,20,23)(H,22,24)/b21-13-. The van der Waals surface area contributed by atoms with Crippen molar-refractivity contribution in [3.05, 3.63) is 70.7 Å². The summed E-state index contributed by atoms with van der Waals surface area (Å²) in [5.74, 6) is -0.799. The average Bonchev–Trinajstić information content (AvgIpc) is 2.56. The second-order valence-corrected chi connectivity index (χ2v) is 5.55. The summed E-state index contributed by atoms with van der Waals surface area (Å²) in [7, 11) is 0. The van der Waals surface area contributed by atoms with Crippen LogP contribution in [0.1, 0.15) is 17.5 Å². The zero-order valence-electron chi connectivity index (χ0n) is 13.0. The number of amides is 2. The minimum absolute atomic E-state index is 0.262. The van der Waals surface area contributed by atoms with E-state index in [1.54, 1.807) is 24.3 Å². The van der Waals surface area contributed by atoms with E-state index in [9.17, 15) is 9.59 Å². The largest absolute Gasteiger partial charge is 0.355 e. The van der Waals surface area contributed by atoms with Crippen LogP contribution in [0.3, 0.4) is 0 Å². The number of carbonyl (C=O) groups is 2. The number of rotatable bonds is 7. The second kappa shape index (κ2) is 9.47. The third kappa shape index (κ3) is 6.62. The molecule has 0 aliphatic rings. The molecular formula is C18H18ClN3O2. The molecular weight excluding hydrogens is 326 g/mol. The summed E-state index contributed by atoms with van der Waals surface area (Å²) in [5.41, 5.74) is 4.21. The molecule has 24 heavy (non-hydrogen) atoms. The first kappa shape index (κ1) is 17.7. The fraction of sp³-hybridized carbons (Fsp3) is 0.167. The number of nitrogens with one attached hydrogen (secondary N) is 2. The molecule has 0 atom stereocenters. The highest BCUT2D eigenvalue weighted by molar-refractivity contribution is 6.30. The van der Waals surface area contributed by atoms with Gasteiger partial charge in [-0.05, 0) is 29.7 Å². The predicted molar refractivity (Wildman–Crippen MR) is 95.0 cm³/mol. The molecule has 0 spiro atoms. The van der Waals surface area contributed by atoms with Crippen LogP contribution < -0.4 is 10.7 Å². The zero-order chi connectivity index (χ0) is 17.2. The molecule has 0 fully saturated rings. The van der Waals surface area contributed by atoms with Gasteiger partial charge in [0, 0.05) is 11.6 Å². The third-order valence-electron chi connectivity index (χ3n) is 3.15. The fourth-order valence-corrected chi connectivity index (χ4v) is 2.20. The molecule has 2 aromatic carbocycles. The fourth-order valence-electron chi connectivity index (χ4n) is 2.00. The van der Waals surface area contributed by atoms with Gasteiger partial charge >= 0.3 is 0 Å². The third-order valence-corrected chi connectivity index (χ3v) is 3.39. The lowest BCUT2D eigenvalue weighted by atomic mass is 10.1. The van der Waals surface area contributed by atoms with Crippen molar-refractivity contribution in [1.29, 1.82) is 0 Å². The first-order chi connectivity index (χ1) is 11.6. The second-order valence-electron chi connectivity index (χ2n) is 5.11. The highest BCUT2D eigenvalue weighted by atomic mass is 35.5. The van der Waals surface area contributed by atoms with Crippen LogP contribution in [0.15, 0.2) is 59.7 Å². The Morgan fingerprint density at radius 1 is 1.04 bits per heavy atom. The summed E-state index contributed by atoms with van der Waals surface area (Å²) in [6.07, 6.45) is 1.93. The van der Waals surface area contributed by atoms with Crippen LogP contribution in [0.5, 0.6) is 0 Å². The quantitative estimate of drug-likeness (QED) is 0.461. The van der Waals surface area contributed by atoms with Crippen LogP contribution in [0.25, 0.3) is 0 Å². The van der Waals surface area contributed by atoms with E-state index >= 15 is 0 Å². The Labute approximate surface area is 145 Å². The number of carbonyl (C=O) groups excluding carboxylic acids is 2. The van der Waals surface area contributed by atoms with Gasteiger partial charge in [0.25, 0.3) is 0 Å². The Morgan fingerprint density at radius 3 is 2.58 bits per heavy atom. The summed E-state index contributed by atoms with van der Waals surface area (Å²) in [4.78, 5) is 23.3. The maximum Gasteiger partial charge on any atom is 0.249 e. The van der Waals surface area contributed by atoms with Gasteiger partial charge in [0.1, 0.15) is 6.42 Å². The van der Waals surface area contributed by atoms with Crippen molar-refractivity contribution >= 4 is 29.6 Å². The highest BCUT2D eigenvalue weighted by Gasteiger charge is 2.07. The molecule has 2 aromatic rings. The average molecular weight is 344 g/mol. The van der Waals surface area contributed by atoms with Crippen molar-refractivity contribution in [3.63, 3.8) is 0 Å². The van der Waals surface area contributed by atoms with E-state index < -0.39 is 5.91 Å². The first-order valence-electron chi connectivity index (χ1n) is 7.51. The van der Waals surface area contributed by atoms with E-state index in [0.29, 0.717) is 11.6 Å². The van der Waals surface area contributed by atoms with Crippen LogP contribution in [0, 0.1) is 0 Å². The lowest BCUT2D eigenvalue weighted by Crippen LogP contribution is -2.31. The Bertz CT molecular complexity index is 717. The van der Waals surface area contributed by atoms with Gasteiger partial charge in [-0.3, -0.25) is 9.59 Å². The summed E-state index contributed by atoms with van der Waals surface area (Å²) in [6, 6.07) is 16.9. The molecule has 0 saturated carbocycles.